The maximum absolute atomic E-state index is 5.84. The monoisotopic (exact) mass is 446 g/mol. The molecule has 0 aliphatic carbocycles. The van der Waals surface area contributed by atoms with E-state index in [1.165, 1.54) is 20.9 Å². The minimum Gasteiger partial charge on any atom is -0.453 e. The number of benzene rings is 2. The minimum atomic E-state index is 0.557. The summed E-state index contributed by atoms with van der Waals surface area (Å²) in [4.78, 5) is 0. The van der Waals surface area contributed by atoms with E-state index in [4.69, 9.17) is 16.2 Å². The van der Waals surface area contributed by atoms with Crippen LogP contribution in [0.2, 0.25) is 0 Å². The van der Waals surface area contributed by atoms with Crippen molar-refractivity contribution >= 4 is 51.8 Å². The number of hydrogen-bond acceptors (Lipinski definition) is 3. The number of hydrogen-bond donors (Lipinski definition) is 2. The van der Waals surface area contributed by atoms with Gasteiger partial charge in [-0.2, -0.15) is 0 Å². The molecule has 22 heavy (non-hydrogen) atoms. The predicted octanol–water partition coefficient (Wildman–Crippen LogP) is 5.87. The van der Waals surface area contributed by atoms with E-state index in [2.05, 4.69) is 45.7 Å². The Morgan fingerprint density at radius 2 is 1.27 bits per heavy atom. The molecule has 3 nitrogen and oxygen atoms in total. The van der Waals surface area contributed by atoms with Crippen LogP contribution in [0.4, 0.5) is 11.4 Å². The summed E-state index contributed by atoms with van der Waals surface area (Å²) in [6.07, 6.45) is 2.74. The van der Waals surface area contributed by atoms with Gasteiger partial charge in [0, 0.05) is 8.95 Å². The second kappa shape index (κ2) is 10.1. The first-order valence-electron chi connectivity index (χ1n) is 6.96. The molecular weight excluding hydrogens is 427 g/mol. The third-order valence-corrected chi connectivity index (χ3v) is 4.65. The lowest BCUT2D eigenvalue weighted by Gasteiger charge is -2.10. The summed E-state index contributed by atoms with van der Waals surface area (Å²) in [7, 11) is 1.20. The molecule has 0 saturated heterocycles. The molecule has 0 aromatic heterocycles. The van der Waals surface area contributed by atoms with Crippen LogP contribution in [0.3, 0.4) is 0 Å². The van der Waals surface area contributed by atoms with Crippen molar-refractivity contribution in [2.75, 3.05) is 23.8 Å². The number of nitrogen functional groups attached to an aromatic ring is 2. The van der Waals surface area contributed by atoms with Crippen LogP contribution in [0.5, 0.6) is 11.5 Å². The van der Waals surface area contributed by atoms with E-state index in [9.17, 15) is 0 Å². The van der Waals surface area contributed by atoms with Gasteiger partial charge in [0.2, 0.25) is 0 Å². The van der Waals surface area contributed by atoms with E-state index in [-0.39, 0.29) is 0 Å². The Labute approximate surface area is 150 Å². The van der Waals surface area contributed by atoms with Crippen molar-refractivity contribution in [2.45, 2.75) is 13.8 Å². The number of nitrogens with two attached hydrogens (primary N) is 2. The van der Waals surface area contributed by atoms with Gasteiger partial charge >= 0.3 is 0 Å². The molecule has 2 aromatic carbocycles. The van der Waals surface area contributed by atoms with Gasteiger partial charge in [0.05, 0.1) is 11.4 Å². The third-order valence-electron chi connectivity index (χ3n) is 2.66. The first kappa shape index (κ1) is 19.3. The van der Waals surface area contributed by atoms with E-state index in [1.807, 2.05) is 12.1 Å². The van der Waals surface area contributed by atoms with E-state index >= 15 is 0 Å². The maximum Gasteiger partial charge on any atom is 0.150 e. The second-order valence-corrected chi connectivity index (χ2v) is 8.17. The Morgan fingerprint density at radius 3 is 1.55 bits per heavy atom. The predicted molar refractivity (Wildman–Crippen MR) is 107 cm³/mol. The molecule has 120 valence electrons. The Kier molecular flexibility index (Phi) is 8.84. The molecule has 2 aromatic rings. The number of halogens is 2. The number of ether oxygens (including phenoxy) is 1. The Hall–Kier alpha value is -0.770. The molecule has 0 radical (unpaired) electrons. The van der Waals surface area contributed by atoms with Gasteiger partial charge < -0.3 is 16.2 Å². The van der Waals surface area contributed by atoms with Crippen LogP contribution < -0.4 is 16.2 Å². The van der Waals surface area contributed by atoms with Gasteiger partial charge in [-0.25, -0.2) is 0 Å². The first-order valence-corrected chi connectivity index (χ1v) is 9.96. The van der Waals surface area contributed by atoms with Crippen LogP contribution in [0.25, 0.3) is 0 Å². The second-order valence-electron chi connectivity index (χ2n) is 4.42. The molecule has 0 atom stereocenters. The average Bonchev–Trinajstić information content (AvgIpc) is 2.46. The number of anilines is 2. The summed E-state index contributed by atoms with van der Waals surface area (Å²) < 4.78 is 7.48. The van der Waals surface area contributed by atoms with Crippen LogP contribution in [0.15, 0.2) is 45.3 Å². The van der Waals surface area contributed by atoms with Crippen molar-refractivity contribution in [3.8, 4) is 11.5 Å². The molecule has 2 rings (SSSR count). The van der Waals surface area contributed by atoms with E-state index in [0.717, 1.165) is 8.95 Å². The van der Waals surface area contributed by atoms with Crippen molar-refractivity contribution in [1.82, 2.24) is 0 Å². The standard InChI is InChI=1S/C12H10Br2N2O.C4H11P/c13-7-1-3-11(9(15)5-7)17-12-4-2-8(14)6-10(12)16;1-3-5-4-2/h1-6H,15-16H2;5H,3-4H2,1-2H3. The molecule has 0 unspecified atom stereocenters. The van der Waals surface area contributed by atoms with Crippen LogP contribution in [-0.2, 0) is 0 Å². The Bertz CT molecular complexity index is 557. The topological polar surface area (TPSA) is 61.3 Å². The van der Waals surface area contributed by atoms with Crippen LogP contribution in [0, 0.1) is 0 Å². The Balaban J connectivity index is 0.000000422. The fourth-order valence-corrected chi connectivity index (χ4v) is 2.85. The quantitative estimate of drug-likeness (QED) is 0.454. The summed E-state index contributed by atoms with van der Waals surface area (Å²) >= 11 is 6.68. The van der Waals surface area contributed by atoms with Crippen molar-refractivity contribution in [1.29, 1.82) is 0 Å². The fraction of sp³-hybridized carbons (Fsp3) is 0.250. The van der Waals surface area contributed by atoms with Gasteiger partial charge in [0.1, 0.15) is 11.5 Å². The third kappa shape index (κ3) is 6.55. The van der Waals surface area contributed by atoms with Crippen molar-refractivity contribution in [3.63, 3.8) is 0 Å². The Morgan fingerprint density at radius 1 is 0.864 bits per heavy atom. The van der Waals surface area contributed by atoms with Crippen LogP contribution >= 0.6 is 40.4 Å². The van der Waals surface area contributed by atoms with E-state index in [0.29, 0.717) is 22.9 Å². The first-order chi connectivity index (χ1) is 10.5. The van der Waals surface area contributed by atoms with Gasteiger partial charge in [0.15, 0.2) is 0 Å². The summed E-state index contributed by atoms with van der Waals surface area (Å²) in [5.41, 5.74) is 12.8. The lowest BCUT2D eigenvalue weighted by molar-refractivity contribution is 0.487. The summed E-state index contributed by atoms with van der Waals surface area (Å²) in [6, 6.07) is 10.9. The lowest BCUT2D eigenvalue weighted by Crippen LogP contribution is -1.95. The van der Waals surface area contributed by atoms with Crippen molar-refractivity contribution in [2.24, 2.45) is 0 Å². The van der Waals surface area contributed by atoms with Crippen molar-refractivity contribution in [3.05, 3.63) is 45.3 Å². The average molecular weight is 448 g/mol. The van der Waals surface area contributed by atoms with Crippen LogP contribution in [-0.4, -0.2) is 12.3 Å². The molecule has 0 spiro atoms. The minimum absolute atomic E-state index is 0.557. The molecule has 0 aliphatic heterocycles. The lowest BCUT2D eigenvalue weighted by atomic mass is 10.3. The van der Waals surface area contributed by atoms with E-state index in [1.54, 1.807) is 24.3 Å². The molecule has 0 fully saturated rings. The summed E-state index contributed by atoms with van der Waals surface area (Å²) in [5, 5.41) is 0. The summed E-state index contributed by atoms with van der Waals surface area (Å²) in [6.45, 7) is 4.45. The highest BCUT2D eigenvalue weighted by molar-refractivity contribution is 9.10. The molecule has 0 amide bonds. The molecular formula is C16H21Br2N2OP. The van der Waals surface area contributed by atoms with Crippen LogP contribution in [0.1, 0.15) is 13.8 Å². The summed E-state index contributed by atoms with van der Waals surface area (Å²) in [5.74, 6) is 1.17. The fourth-order valence-electron chi connectivity index (χ4n) is 1.59. The highest BCUT2D eigenvalue weighted by Crippen LogP contribution is 2.33. The molecule has 6 heteroatoms. The van der Waals surface area contributed by atoms with Gasteiger partial charge in [0.25, 0.3) is 0 Å². The molecule has 0 bridgehead atoms. The zero-order valence-corrected chi connectivity index (χ0v) is 16.9. The molecule has 0 saturated carbocycles. The highest BCUT2D eigenvalue weighted by atomic mass is 79.9. The normalized spacial score (nSPS) is 9.82. The van der Waals surface area contributed by atoms with E-state index < -0.39 is 0 Å². The molecule has 4 N–H and O–H groups in total. The SMILES string of the molecule is CCPCC.Nc1cc(Br)ccc1Oc1ccc(Br)cc1N. The molecule has 0 aliphatic rings. The number of rotatable bonds is 4. The van der Waals surface area contributed by atoms with Gasteiger partial charge in [-0.3, -0.25) is 0 Å². The smallest absolute Gasteiger partial charge is 0.150 e. The zero-order valence-electron chi connectivity index (χ0n) is 12.7. The van der Waals surface area contributed by atoms with Gasteiger partial charge in [-0.1, -0.05) is 45.7 Å². The molecule has 0 heterocycles. The largest absolute Gasteiger partial charge is 0.453 e. The zero-order chi connectivity index (χ0) is 16.5. The van der Waals surface area contributed by atoms with Crippen molar-refractivity contribution < 1.29 is 4.74 Å². The van der Waals surface area contributed by atoms with Gasteiger partial charge in [-0.05, 0) is 48.7 Å². The highest BCUT2D eigenvalue weighted by Gasteiger charge is 2.06. The van der Waals surface area contributed by atoms with Gasteiger partial charge in [-0.15, -0.1) is 8.58 Å². The maximum atomic E-state index is 5.84.